The van der Waals surface area contributed by atoms with Gasteiger partial charge in [-0.25, -0.2) is 4.79 Å². The third-order valence-electron chi connectivity index (χ3n) is 3.02. The fourth-order valence-corrected chi connectivity index (χ4v) is 4.77. The highest BCUT2D eigenvalue weighted by Gasteiger charge is 2.18. The molecule has 0 aliphatic carbocycles. The van der Waals surface area contributed by atoms with Crippen molar-refractivity contribution < 1.29 is 14.3 Å². The van der Waals surface area contributed by atoms with Crippen molar-refractivity contribution in [2.45, 2.75) is 26.6 Å². The van der Waals surface area contributed by atoms with E-state index < -0.39 is 11.3 Å². The lowest BCUT2D eigenvalue weighted by Gasteiger charge is -2.08. The summed E-state index contributed by atoms with van der Waals surface area (Å²) in [5, 5.41) is 12.4. The Labute approximate surface area is 158 Å². The molecule has 1 atom stereocenters. The first-order valence-electron chi connectivity index (χ1n) is 7.30. The smallest absolute Gasteiger partial charge is 0.321 e. The van der Waals surface area contributed by atoms with Gasteiger partial charge >= 0.3 is 6.03 Å². The van der Waals surface area contributed by atoms with Gasteiger partial charge in [0.2, 0.25) is 5.91 Å². The molecule has 0 spiro atoms. The SMILES string of the molecule is CNC(=O)NC(=O)[C@H](C)Sc1nnc(SCc2ccc(OC)cc2)s1. The number of aromatic nitrogens is 2. The Kier molecular flexibility index (Phi) is 7.53. The number of nitrogens with one attached hydrogen (secondary N) is 2. The summed E-state index contributed by atoms with van der Waals surface area (Å²) in [6.45, 7) is 1.72. The van der Waals surface area contributed by atoms with Gasteiger partial charge in [-0.15, -0.1) is 10.2 Å². The first-order valence-corrected chi connectivity index (χ1v) is 9.98. The van der Waals surface area contributed by atoms with Crippen molar-refractivity contribution in [3.63, 3.8) is 0 Å². The van der Waals surface area contributed by atoms with Crippen LogP contribution in [0, 0.1) is 0 Å². The van der Waals surface area contributed by atoms with E-state index in [4.69, 9.17) is 4.74 Å². The molecule has 0 fully saturated rings. The minimum atomic E-state index is -0.523. The Hall–Kier alpha value is -1.78. The first-order chi connectivity index (χ1) is 12.0. The van der Waals surface area contributed by atoms with Crippen molar-refractivity contribution >= 4 is 46.8 Å². The van der Waals surface area contributed by atoms with E-state index in [2.05, 4.69) is 20.8 Å². The Bertz CT molecular complexity index is 721. The monoisotopic (exact) mass is 398 g/mol. The zero-order valence-electron chi connectivity index (χ0n) is 13.9. The Balaban J connectivity index is 1.84. The third kappa shape index (κ3) is 6.22. The summed E-state index contributed by atoms with van der Waals surface area (Å²) in [5.41, 5.74) is 1.16. The number of methoxy groups -OCH3 is 1. The number of nitrogens with zero attached hydrogens (tertiary/aromatic N) is 2. The van der Waals surface area contributed by atoms with Crippen molar-refractivity contribution in [1.29, 1.82) is 0 Å². The number of carbonyl (C=O) groups excluding carboxylic acids is 2. The van der Waals surface area contributed by atoms with Crippen molar-refractivity contribution in [2.24, 2.45) is 0 Å². The zero-order valence-corrected chi connectivity index (χ0v) is 16.4. The van der Waals surface area contributed by atoms with E-state index in [-0.39, 0.29) is 5.91 Å². The summed E-state index contributed by atoms with van der Waals surface area (Å²) in [6, 6.07) is 7.33. The average Bonchev–Trinajstić information content (AvgIpc) is 3.07. The van der Waals surface area contributed by atoms with Crippen LogP contribution >= 0.6 is 34.9 Å². The average molecular weight is 399 g/mol. The van der Waals surface area contributed by atoms with E-state index in [1.807, 2.05) is 24.3 Å². The summed E-state index contributed by atoms with van der Waals surface area (Å²) in [7, 11) is 3.09. The maximum atomic E-state index is 11.8. The van der Waals surface area contributed by atoms with E-state index in [1.165, 1.54) is 30.1 Å². The molecule has 2 aromatic rings. The lowest BCUT2D eigenvalue weighted by molar-refractivity contribution is -0.119. The molecule has 1 aromatic heterocycles. The molecule has 2 rings (SSSR count). The second kappa shape index (κ2) is 9.64. The largest absolute Gasteiger partial charge is 0.497 e. The molecule has 0 aliphatic heterocycles. The number of carbonyl (C=O) groups is 2. The molecule has 0 saturated heterocycles. The van der Waals surface area contributed by atoms with E-state index >= 15 is 0 Å². The number of benzene rings is 1. The maximum absolute atomic E-state index is 11.8. The van der Waals surface area contributed by atoms with Crippen LogP contribution in [-0.4, -0.2) is 41.5 Å². The van der Waals surface area contributed by atoms with E-state index in [1.54, 1.807) is 25.8 Å². The quantitative estimate of drug-likeness (QED) is 0.693. The Morgan fingerprint density at radius 1 is 1.24 bits per heavy atom. The highest BCUT2D eigenvalue weighted by molar-refractivity contribution is 8.03. The molecular weight excluding hydrogens is 380 g/mol. The highest BCUT2D eigenvalue weighted by atomic mass is 32.2. The zero-order chi connectivity index (χ0) is 18.2. The molecule has 1 heterocycles. The fourth-order valence-electron chi connectivity index (χ4n) is 1.65. The van der Waals surface area contributed by atoms with Crippen LogP contribution in [0.25, 0.3) is 0 Å². The number of hydrogen-bond acceptors (Lipinski definition) is 8. The van der Waals surface area contributed by atoms with Gasteiger partial charge in [0, 0.05) is 12.8 Å². The van der Waals surface area contributed by atoms with Crippen LogP contribution in [0.5, 0.6) is 5.75 Å². The maximum Gasteiger partial charge on any atom is 0.321 e. The van der Waals surface area contributed by atoms with Crippen LogP contribution in [0.4, 0.5) is 4.79 Å². The van der Waals surface area contributed by atoms with Crippen LogP contribution in [-0.2, 0) is 10.5 Å². The Morgan fingerprint density at radius 3 is 2.56 bits per heavy atom. The molecule has 0 unspecified atom stereocenters. The van der Waals surface area contributed by atoms with Crippen LogP contribution in [0.1, 0.15) is 12.5 Å². The molecule has 3 amide bonds. The highest BCUT2D eigenvalue weighted by Crippen LogP contribution is 2.32. The fraction of sp³-hybridized carbons (Fsp3) is 0.333. The lowest BCUT2D eigenvalue weighted by Crippen LogP contribution is -2.41. The predicted octanol–water partition coefficient (Wildman–Crippen LogP) is 2.78. The van der Waals surface area contributed by atoms with E-state index in [9.17, 15) is 9.59 Å². The first kappa shape index (κ1) is 19.5. The summed E-state index contributed by atoms with van der Waals surface area (Å²) in [4.78, 5) is 23.0. The lowest BCUT2D eigenvalue weighted by atomic mass is 10.2. The predicted molar refractivity (Wildman–Crippen MR) is 100 cm³/mol. The molecule has 0 radical (unpaired) electrons. The number of amides is 3. The van der Waals surface area contributed by atoms with Crippen LogP contribution in [0.2, 0.25) is 0 Å². The van der Waals surface area contributed by atoms with Gasteiger partial charge in [-0.2, -0.15) is 0 Å². The van der Waals surface area contributed by atoms with Crippen molar-refractivity contribution in [1.82, 2.24) is 20.8 Å². The number of rotatable bonds is 7. The second-order valence-corrected chi connectivity index (χ2v) is 8.59. The second-order valence-electron chi connectivity index (χ2n) is 4.80. The summed E-state index contributed by atoms with van der Waals surface area (Å²) in [5.74, 6) is 1.23. The molecule has 134 valence electrons. The molecule has 0 aliphatic rings. The van der Waals surface area contributed by atoms with Crippen molar-refractivity contribution in [3.05, 3.63) is 29.8 Å². The molecule has 2 N–H and O–H groups in total. The molecule has 0 saturated carbocycles. The number of ether oxygens (including phenoxy) is 1. The van der Waals surface area contributed by atoms with E-state index in [0.29, 0.717) is 4.34 Å². The van der Waals surface area contributed by atoms with E-state index in [0.717, 1.165) is 21.4 Å². The molecule has 10 heteroatoms. The summed E-state index contributed by atoms with van der Waals surface area (Å²) < 4.78 is 6.66. The normalized spacial score (nSPS) is 11.6. The molecular formula is C15H18N4O3S3. The van der Waals surface area contributed by atoms with Crippen LogP contribution in [0.15, 0.2) is 32.9 Å². The van der Waals surface area contributed by atoms with Crippen LogP contribution in [0.3, 0.4) is 0 Å². The summed E-state index contributed by atoms with van der Waals surface area (Å²) in [6.07, 6.45) is 0. The van der Waals surface area contributed by atoms with Crippen molar-refractivity contribution in [2.75, 3.05) is 14.2 Å². The van der Waals surface area contributed by atoms with Gasteiger partial charge < -0.3 is 10.1 Å². The summed E-state index contributed by atoms with van der Waals surface area (Å²) >= 11 is 4.29. The van der Waals surface area contributed by atoms with Gasteiger partial charge in [0.1, 0.15) is 5.75 Å². The van der Waals surface area contributed by atoms with Gasteiger partial charge in [-0.3, -0.25) is 10.1 Å². The number of hydrogen-bond donors (Lipinski definition) is 2. The standard InChI is InChI=1S/C15H18N4O3S3/c1-9(12(20)17-13(21)16-2)24-15-19-18-14(25-15)23-8-10-4-6-11(22-3)7-5-10/h4-7,9H,8H2,1-3H3,(H2,16,17,20,21)/t9-/m0/s1. The number of urea groups is 1. The molecule has 25 heavy (non-hydrogen) atoms. The number of thioether (sulfide) groups is 2. The van der Waals surface area contributed by atoms with Gasteiger partial charge in [-0.05, 0) is 24.6 Å². The Morgan fingerprint density at radius 2 is 1.92 bits per heavy atom. The molecule has 7 nitrogen and oxygen atoms in total. The molecule has 1 aromatic carbocycles. The van der Waals surface area contributed by atoms with Gasteiger partial charge in [0.25, 0.3) is 0 Å². The molecule has 0 bridgehead atoms. The van der Waals surface area contributed by atoms with Gasteiger partial charge in [0.05, 0.1) is 12.4 Å². The third-order valence-corrected chi connectivity index (χ3v) is 6.33. The van der Waals surface area contributed by atoms with Gasteiger partial charge in [0.15, 0.2) is 8.68 Å². The van der Waals surface area contributed by atoms with Crippen molar-refractivity contribution in [3.8, 4) is 5.75 Å². The topological polar surface area (TPSA) is 93.2 Å². The minimum absolute atomic E-state index is 0.369. The minimum Gasteiger partial charge on any atom is -0.497 e. The van der Waals surface area contributed by atoms with Gasteiger partial charge in [-0.1, -0.05) is 47.0 Å². The van der Waals surface area contributed by atoms with Crippen LogP contribution < -0.4 is 15.4 Å². The number of imide groups is 1.